The van der Waals surface area contributed by atoms with Crippen molar-refractivity contribution in [3.63, 3.8) is 0 Å². The summed E-state index contributed by atoms with van der Waals surface area (Å²) < 4.78 is 1.79. The Kier molecular flexibility index (Phi) is 6.93. The van der Waals surface area contributed by atoms with Crippen molar-refractivity contribution in [1.29, 1.82) is 0 Å². The topological polar surface area (TPSA) is 67.2 Å². The number of hydrogen-bond acceptors (Lipinski definition) is 3. The number of nitrogens with one attached hydrogen (secondary N) is 1. The summed E-state index contributed by atoms with van der Waals surface area (Å²) >= 11 is 0. The van der Waals surface area contributed by atoms with Crippen molar-refractivity contribution < 1.29 is 9.59 Å². The van der Waals surface area contributed by atoms with Gasteiger partial charge in [0.05, 0.1) is 5.69 Å². The first-order chi connectivity index (χ1) is 12.8. The van der Waals surface area contributed by atoms with Gasteiger partial charge in [0.25, 0.3) is 0 Å². The molecule has 144 valence electrons. The van der Waals surface area contributed by atoms with E-state index in [2.05, 4.69) is 10.4 Å². The van der Waals surface area contributed by atoms with Gasteiger partial charge in [-0.2, -0.15) is 5.10 Å². The van der Waals surface area contributed by atoms with E-state index in [1.807, 2.05) is 59.0 Å². The molecule has 0 fully saturated rings. The van der Waals surface area contributed by atoms with Crippen LogP contribution in [0.25, 0.3) is 6.08 Å². The van der Waals surface area contributed by atoms with Gasteiger partial charge in [-0.15, -0.1) is 0 Å². The first-order valence-corrected chi connectivity index (χ1v) is 9.16. The van der Waals surface area contributed by atoms with Crippen LogP contribution in [0.1, 0.15) is 35.9 Å². The lowest BCUT2D eigenvalue weighted by Gasteiger charge is -2.20. The molecule has 0 aliphatic rings. The number of para-hydroxylation sites is 1. The van der Waals surface area contributed by atoms with E-state index in [1.165, 1.54) is 6.08 Å². The number of rotatable bonds is 7. The van der Waals surface area contributed by atoms with E-state index in [4.69, 9.17) is 0 Å². The van der Waals surface area contributed by atoms with E-state index in [9.17, 15) is 9.59 Å². The number of benzene rings is 1. The third kappa shape index (κ3) is 5.29. The van der Waals surface area contributed by atoms with Crippen molar-refractivity contribution in [2.24, 2.45) is 7.05 Å². The van der Waals surface area contributed by atoms with Gasteiger partial charge in [0, 0.05) is 36.6 Å². The van der Waals surface area contributed by atoms with Crippen LogP contribution in [0.4, 0.5) is 5.69 Å². The van der Waals surface area contributed by atoms with Gasteiger partial charge >= 0.3 is 0 Å². The molecule has 2 rings (SSSR count). The van der Waals surface area contributed by atoms with Crippen molar-refractivity contribution in [1.82, 2.24) is 14.7 Å². The second-order valence-electron chi connectivity index (χ2n) is 6.66. The highest BCUT2D eigenvalue weighted by Crippen LogP contribution is 2.15. The Morgan fingerprint density at radius 3 is 2.52 bits per heavy atom. The second kappa shape index (κ2) is 9.16. The van der Waals surface area contributed by atoms with Crippen molar-refractivity contribution in [2.45, 2.75) is 34.1 Å². The Morgan fingerprint density at radius 1 is 1.22 bits per heavy atom. The molecule has 0 atom stereocenters. The summed E-state index contributed by atoms with van der Waals surface area (Å²) in [5, 5.41) is 7.23. The van der Waals surface area contributed by atoms with Crippen LogP contribution in [0.2, 0.25) is 0 Å². The summed E-state index contributed by atoms with van der Waals surface area (Å²) in [6.07, 6.45) is 4.08. The van der Waals surface area contributed by atoms with Crippen LogP contribution in [0, 0.1) is 20.8 Å². The second-order valence-corrected chi connectivity index (χ2v) is 6.66. The fraction of sp³-hybridized carbons (Fsp3) is 0.381. The number of amides is 2. The predicted octanol–water partition coefficient (Wildman–Crippen LogP) is 3.24. The van der Waals surface area contributed by atoms with E-state index < -0.39 is 0 Å². The molecule has 0 aliphatic heterocycles. The van der Waals surface area contributed by atoms with Gasteiger partial charge < -0.3 is 10.2 Å². The molecule has 6 nitrogen and oxygen atoms in total. The molecule has 1 N–H and O–H groups in total. The lowest BCUT2D eigenvalue weighted by Crippen LogP contribution is -2.37. The Bertz CT molecular complexity index is 852. The van der Waals surface area contributed by atoms with Gasteiger partial charge in [-0.25, -0.2) is 0 Å². The molecule has 1 heterocycles. The molecule has 0 unspecified atom stereocenters. The zero-order valence-corrected chi connectivity index (χ0v) is 16.7. The molecule has 2 aromatic rings. The summed E-state index contributed by atoms with van der Waals surface area (Å²) in [6, 6.07) is 7.59. The number of carbonyl (C=O) groups excluding carboxylic acids is 2. The van der Waals surface area contributed by atoms with Gasteiger partial charge in [0.1, 0.15) is 6.54 Å². The van der Waals surface area contributed by atoms with Crippen LogP contribution in [0.3, 0.4) is 0 Å². The lowest BCUT2D eigenvalue weighted by molar-refractivity contribution is -0.130. The molecule has 1 aromatic carbocycles. The molecule has 0 saturated carbocycles. The molecule has 0 spiro atoms. The van der Waals surface area contributed by atoms with E-state index in [1.54, 1.807) is 15.7 Å². The lowest BCUT2D eigenvalue weighted by atomic mass is 10.2. The molecule has 0 radical (unpaired) electrons. The minimum Gasteiger partial charge on any atom is -0.330 e. The van der Waals surface area contributed by atoms with Crippen LogP contribution in [-0.2, 0) is 16.6 Å². The molecular formula is C21H28N4O2. The van der Waals surface area contributed by atoms with E-state index >= 15 is 0 Å². The molecule has 1 aromatic heterocycles. The Labute approximate surface area is 160 Å². The summed E-state index contributed by atoms with van der Waals surface area (Å²) in [5.41, 5.74) is 4.56. The zero-order chi connectivity index (χ0) is 20.0. The van der Waals surface area contributed by atoms with Crippen molar-refractivity contribution in [3.05, 3.63) is 52.9 Å². The number of nitrogens with zero attached hydrogens (tertiary/aromatic N) is 3. The maximum Gasteiger partial charge on any atom is 0.247 e. The molecule has 0 saturated heterocycles. The number of aryl methyl sites for hydroxylation is 3. The highest BCUT2D eigenvalue weighted by molar-refractivity contribution is 5.98. The van der Waals surface area contributed by atoms with Crippen LogP contribution in [-0.4, -0.2) is 39.6 Å². The summed E-state index contributed by atoms with van der Waals surface area (Å²) in [4.78, 5) is 26.6. The maximum absolute atomic E-state index is 12.6. The smallest absolute Gasteiger partial charge is 0.247 e. The van der Waals surface area contributed by atoms with Gasteiger partial charge in [-0.3, -0.25) is 14.3 Å². The zero-order valence-electron chi connectivity index (χ0n) is 16.7. The molecule has 2 amide bonds. The molecule has 0 bridgehead atoms. The van der Waals surface area contributed by atoms with Crippen LogP contribution in [0.5, 0.6) is 0 Å². The van der Waals surface area contributed by atoms with Crippen molar-refractivity contribution in [3.8, 4) is 0 Å². The fourth-order valence-electron chi connectivity index (χ4n) is 2.90. The van der Waals surface area contributed by atoms with E-state index in [0.717, 1.165) is 34.6 Å². The molecule has 6 heteroatoms. The molecule has 0 aliphatic carbocycles. The van der Waals surface area contributed by atoms with Gasteiger partial charge in [-0.1, -0.05) is 25.1 Å². The number of aromatic nitrogens is 2. The van der Waals surface area contributed by atoms with Crippen LogP contribution in [0.15, 0.2) is 30.3 Å². The number of hydrogen-bond donors (Lipinski definition) is 1. The number of anilines is 1. The minimum atomic E-state index is -0.201. The number of carbonyl (C=O) groups is 2. The Balaban J connectivity index is 2.07. The summed E-state index contributed by atoms with van der Waals surface area (Å²) in [7, 11) is 1.88. The van der Waals surface area contributed by atoms with E-state index in [-0.39, 0.29) is 18.4 Å². The maximum atomic E-state index is 12.6. The summed E-state index contributed by atoms with van der Waals surface area (Å²) in [5.74, 6) is -0.382. The highest BCUT2D eigenvalue weighted by atomic mass is 16.2. The molecular weight excluding hydrogens is 340 g/mol. The Morgan fingerprint density at radius 2 is 1.93 bits per heavy atom. The monoisotopic (exact) mass is 368 g/mol. The first-order valence-electron chi connectivity index (χ1n) is 9.16. The van der Waals surface area contributed by atoms with Gasteiger partial charge in [0.15, 0.2) is 0 Å². The normalized spacial score (nSPS) is 11.0. The van der Waals surface area contributed by atoms with Crippen LogP contribution < -0.4 is 5.32 Å². The SMILES string of the molecule is CCCN(CC(=O)Nc1ccccc1C)C(=O)C=Cc1c(C)nn(C)c1C. The molecule has 27 heavy (non-hydrogen) atoms. The van der Waals surface area contributed by atoms with E-state index in [0.29, 0.717) is 6.54 Å². The highest BCUT2D eigenvalue weighted by Gasteiger charge is 2.15. The third-order valence-electron chi connectivity index (χ3n) is 4.52. The average molecular weight is 368 g/mol. The van der Waals surface area contributed by atoms with Crippen molar-refractivity contribution >= 4 is 23.6 Å². The average Bonchev–Trinajstić information content (AvgIpc) is 2.86. The standard InChI is InChI=1S/C21H28N4O2/c1-6-13-25(14-20(26)22-19-10-8-7-9-15(19)2)21(27)12-11-18-16(3)23-24(5)17(18)4/h7-12H,6,13-14H2,1-5H3,(H,22,26). The first kappa shape index (κ1) is 20.4. The van der Waals surface area contributed by atoms with Gasteiger partial charge in [0.2, 0.25) is 11.8 Å². The predicted molar refractivity (Wildman–Crippen MR) is 108 cm³/mol. The third-order valence-corrected chi connectivity index (χ3v) is 4.52. The summed E-state index contributed by atoms with van der Waals surface area (Å²) in [6.45, 7) is 8.34. The largest absolute Gasteiger partial charge is 0.330 e. The van der Waals surface area contributed by atoms with Crippen LogP contribution >= 0.6 is 0 Å². The fourth-order valence-corrected chi connectivity index (χ4v) is 2.90. The van der Waals surface area contributed by atoms with Crippen molar-refractivity contribution in [2.75, 3.05) is 18.4 Å². The Hall–Kier alpha value is -2.89. The van der Waals surface area contributed by atoms with Gasteiger partial charge in [-0.05, 0) is 44.9 Å². The quantitative estimate of drug-likeness (QED) is 0.763. The minimum absolute atomic E-state index is 0.0242.